The summed E-state index contributed by atoms with van der Waals surface area (Å²) < 4.78 is 23.5. The Balaban J connectivity index is 1.23. The summed E-state index contributed by atoms with van der Waals surface area (Å²) in [5, 5.41) is 1.24. The van der Waals surface area contributed by atoms with Crippen molar-refractivity contribution in [2.45, 2.75) is 26.5 Å². The summed E-state index contributed by atoms with van der Waals surface area (Å²) in [6, 6.07) is 33.3. The van der Waals surface area contributed by atoms with Crippen LogP contribution < -0.4 is 9.47 Å². The minimum atomic E-state index is -0.354. The number of carbonyl (C=O) groups is 2. The Hall–Kier alpha value is -4.66. The zero-order valence-electron chi connectivity index (χ0n) is 25.6. The molecule has 0 N–H and O–H groups in total. The summed E-state index contributed by atoms with van der Waals surface area (Å²) in [6.07, 6.45) is 0.789. The topological polar surface area (TPSA) is 74.3 Å². The molecular weight excluding hydrogens is 586 g/mol. The SMILES string of the molecule is CCOC(=O)c1ccc(OCCN(CCc2ccccc2OCc2cc3ccccc3s2)Cc2ccc(C(=O)OC)cc2)cc1. The van der Waals surface area contributed by atoms with Crippen molar-refractivity contribution in [2.75, 3.05) is 33.4 Å². The number of methoxy groups -OCH3 is 1. The molecule has 7 nitrogen and oxygen atoms in total. The van der Waals surface area contributed by atoms with Crippen molar-refractivity contribution in [3.8, 4) is 11.5 Å². The number of rotatable bonds is 15. The van der Waals surface area contributed by atoms with Crippen molar-refractivity contribution < 1.29 is 28.5 Å². The Kier molecular flexibility index (Phi) is 11.2. The van der Waals surface area contributed by atoms with E-state index in [2.05, 4.69) is 41.3 Å². The summed E-state index contributed by atoms with van der Waals surface area (Å²) in [7, 11) is 1.38. The molecule has 0 aliphatic rings. The average Bonchev–Trinajstić information content (AvgIpc) is 3.50. The number of carbonyl (C=O) groups excluding carboxylic acids is 2. The van der Waals surface area contributed by atoms with Crippen molar-refractivity contribution in [1.29, 1.82) is 0 Å². The number of thiophene rings is 1. The number of hydrogen-bond acceptors (Lipinski definition) is 8. The number of esters is 2. The lowest BCUT2D eigenvalue weighted by Gasteiger charge is -2.23. The summed E-state index contributed by atoms with van der Waals surface area (Å²) >= 11 is 1.76. The third kappa shape index (κ3) is 8.94. The Bertz CT molecular complexity index is 1660. The molecular formula is C37H37NO6S. The van der Waals surface area contributed by atoms with E-state index in [1.165, 1.54) is 22.1 Å². The Morgan fingerprint density at radius 3 is 2.24 bits per heavy atom. The predicted molar refractivity (Wildman–Crippen MR) is 177 cm³/mol. The monoisotopic (exact) mass is 623 g/mol. The van der Waals surface area contributed by atoms with E-state index < -0.39 is 0 Å². The second-order valence-corrected chi connectivity index (χ2v) is 11.6. The van der Waals surface area contributed by atoms with Crippen LogP contribution in [0.3, 0.4) is 0 Å². The minimum absolute atomic E-state index is 0.334. The van der Waals surface area contributed by atoms with Crippen LogP contribution in [-0.2, 0) is 29.0 Å². The highest BCUT2D eigenvalue weighted by Gasteiger charge is 2.13. The van der Waals surface area contributed by atoms with Crippen molar-refractivity contribution in [1.82, 2.24) is 4.90 Å². The Labute approximate surface area is 267 Å². The maximum Gasteiger partial charge on any atom is 0.338 e. The van der Waals surface area contributed by atoms with Crippen molar-refractivity contribution >= 4 is 33.4 Å². The van der Waals surface area contributed by atoms with Crippen LogP contribution in [0.1, 0.15) is 43.6 Å². The van der Waals surface area contributed by atoms with Gasteiger partial charge in [0.25, 0.3) is 0 Å². The molecule has 0 saturated heterocycles. The van der Waals surface area contributed by atoms with Crippen LogP contribution >= 0.6 is 11.3 Å². The summed E-state index contributed by atoms with van der Waals surface area (Å²) in [4.78, 5) is 27.4. The van der Waals surface area contributed by atoms with Gasteiger partial charge in [-0.05, 0) is 84.5 Å². The van der Waals surface area contributed by atoms with Crippen LogP contribution in [0.5, 0.6) is 11.5 Å². The van der Waals surface area contributed by atoms with Crippen LogP contribution in [0.4, 0.5) is 0 Å². The molecule has 0 radical (unpaired) electrons. The van der Waals surface area contributed by atoms with Crippen molar-refractivity contribution in [2.24, 2.45) is 0 Å². The van der Waals surface area contributed by atoms with E-state index in [0.717, 1.165) is 29.8 Å². The van der Waals surface area contributed by atoms with Crippen molar-refractivity contribution in [3.63, 3.8) is 0 Å². The van der Waals surface area contributed by atoms with E-state index in [4.69, 9.17) is 18.9 Å². The highest BCUT2D eigenvalue weighted by Crippen LogP contribution is 2.27. The first kappa shape index (κ1) is 31.8. The molecule has 8 heteroatoms. The predicted octanol–water partition coefficient (Wildman–Crippen LogP) is 7.57. The van der Waals surface area contributed by atoms with Gasteiger partial charge in [-0.1, -0.05) is 48.5 Å². The highest BCUT2D eigenvalue weighted by molar-refractivity contribution is 7.19. The number of nitrogens with zero attached hydrogens (tertiary/aromatic N) is 1. The standard InChI is InChI=1S/C37H37NO6S/c1-3-42-37(40)30-16-18-32(19-17-30)43-23-22-38(25-27-12-14-29(15-13-27)36(39)41-2)21-20-28-8-4-6-10-34(28)44-26-33-24-31-9-5-7-11-35(31)45-33/h4-19,24H,3,20-23,25-26H2,1-2H3. The molecule has 0 aliphatic carbocycles. The fraction of sp³-hybridized carbons (Fsp3) is 0.243. The van der Waals surface area contributed by atoms with Crippen molar-refractivity contribution in [3.05, 3.63) is 130 Å². The van der Waals surface area contributed by atoms with Gasteiger partial charge in [0, 0.05) is 29.2 Å². The first-order valence-corrected chi connectivity index (χ1v) is 15.8. The molecule has 0 atom stereocenters. The van der Waals surface area contributed by atoms with Gasteiger partial charge >= 0.3 is 11.9 Å². The second kappa shape index (κ2) is 15.9. The quantitative estimate of drug-likeness (QED) is 0.111. The smallest absolute Gasteiger partial charge is 0.338 e. The Morgan fingerprint density at radius 2 is 1.49 bits per heavy atom. The first-order chi connectivity index (χ1) is 22.0. The van der Waals surface area contributed by atoms with Gasteiger partial charge in [0.05, 0.1) is 24.8 Å². The first-order valence-electron chi connectivity index (χ1n) is 15.0. The van der Waals surface area contributed by atoms with E-state index in [1.54, 1.807) is 54.7 Å². The van der Waals surface area contributed by atoms with Gasteiger partial charge in [-0.15, -0.1) is 11.3 Å². The van der Waals surface area contributed by atoms with Gasteiger partial charge in [0.2, 0.25) is 0 Å². The van der Waals surface area contributed by atoms with Crippen LogP contribution in [0.2, 0.25) is 0 Å². The summed E-state index contributed by atoms with van der Waals surface area (Å²) in [5.74, 6) is 0.871. The second-order valence-electron chi connectivity index (χ2n) is 10.5. The molecule has 4 aromatic carbocycles. The highest BCUT2D eigenvalue weighted by atomic mass is 32.1. The lowest BCUT2D eigenvalue weighted by atomic mass is 10.1. The number of benzene rings is 4. The van der Waals surface area contributed by atoms with Gasteiger partial charge in [0.15, 0.2) is 0 Å². The zero-order chi connectivity index (χ0) is 31.4. The fourth-order valence-electron chi connectivity index (χ4n) is 4.97. The van der Waals surface area contributed by atoms with E-state index >= 15 is 0 Å². The molecule has 232 valence electrons. The molecule has 0 fully saturated rings. The van der Waals surface area contributed by atoms with E-state index in [9.17, 15) is 9.59 Å². The molecule has 0 saturated carbocycles. The largest absolute Gasteiger partial charge is 0.492 e. The van der Waals surface area contributed by atoms with Crippen LogP contribution in [0.25, 0.3) is 10.1 Å². The van der Waals surface area contributed by atoms with Crippen LogP contribution in [-0.4, -0.2) is 50.3 Å². The summed E-state index contributed by atoms with van der Waals surface area (Å²) in [5.41, 5.74) is 3.23. The molecule has 0 spiro atoms. The molecule has 1 aromatic heterocycles. The normalized spacial score (nSPS) is 11.0. The number of para-hydroxylation sites is 1. The van der Waals surface area contributed by atoms with Gasteiger partial charge in [-0.25, -0.2) is 9.59 Å². The third-order valence-electron chi connectivity index (χ3n) is 7.34. The zero-order valence-corrected chi connectivity index (χ0v) is 26.4. The van der Waals surface area contributed by atoms with E-state index in [0.29, 0.717) is 49.8 Å². The van der Waals surface area contributed by atoms with Crippen LogP contribution in [0, 0.1) is 0 Å². The van der Waals surface area contributed by atoms with Gasteiger partial charge in [0.1, 0.15) is 24.7 Å². The maximum atomic E-state index is 12.0. The lowest BCUT2D eigenvalue weighted by molar-refractivity contribution is 0.0525. The minimum Gasteiger partial charge on any atom is -0.492 e. The molecule has 1 heterocycles. The van der Waals surface area contributed by atoms with Gasteiger partial charge in [-0.2, -0.15) is 0 Å². The number of fused-ring (bicyclic) bond motifs is 1. The molecule has 45 heavy (non-hydrogen) atoms. The number of ether oxygens (including phenoxy) is 4. The maximum absolute atomic E-state index is 12.0. The van der Waals surface area contributed by atoms with E-state index in [-0.39, 0.29) is 11.9 Å². The molecule has 5 rings (SSSR count). The third-order valence-corrected chi connectivity index (χ3v) is 8.43. The lowest BCUT2D eigenvalue weighted by Crippen LogP contribution is -2.30. The van der Waals surface area contributed by atoms with Gasteiger partial charge < -0.3 is 18.9 Å². The molecule has 0 aliphatic heterocycles. The van der Waals surface area contributed by atoms with Gasteiger partial charge in [-0.3, -0.25) is 4.90 Å². The Morgan fingerprint density at radius 1 is 0.778 bits per heavy atom. The van der Waals surface area contributed by atoms with Crippen LogP contribution in [0.15, 0.2) is 103 Å². The summed E-state index contributed by atoms with van der Waals surface area (Å²) in [6.45, 7) is 5.22. The molecule has 0 unspecified atom stereocenters. The molecule has 0 bridgehead atoms. The fourth-order valence-corrected chi connectivity index (χ4v) is 5.95. The van der Waals surface area contributed by atoms with E-state index in [1.807, 2.05) is 30.3 Å². The number of hydrogen-bond donors (Lipinski definition) is 0. The average molecular weight is 624 g/mol. The molecule has 0 amide bonds. The molecule has 5 aromatic rings.